The third kappa shape index (κ3) is 6.73. The van der Waals surface area contributed by atoms with Crippen LogP contribution in [0.5, 0.6) is 11.5 Å². The fraction of sp³-hybridized carbons (Fsp3) is 0.500. The van der Waals surface area contributed by atoms with E-state index in [9.17, 15) is 9.67 Å². The van der Waals surface area contributed by atoms with Gasteiger partial charge in [0.05, 0.1) is 43.4 Å². The number of benzene rings is 1. The van der Waals surface area contributed by atoms with Crippen molar-refractivity contribution < 1.29 is 23.5 Å². The Labute approximate surface area is 179 Å². The standard InChI is InChI=1S/C22H33N2O5P/c1-14(2)28-30(26,29-15(3)4)13-20(24-19-9-8-17(6)23-12-19)18-10-16(5)22(25)21(11-18)27-7/h8-12,14-15,20,24-25H,13H2,1-7H3. The van der Waals surface area contributed by atoms with Crippen LogP contribution in [0.2, 0.25) is 0 Å². The molecule has 2 aromatic rings. The molecule has 0 fully saturated rings. The summed E-state index contributed by atoms with van der Waals surface area (Å²) in [5.41, 5.74) is 3.12. The molecule has 0 amide bonds. The fourth-order valence-electron chi connectivity index (χ4n) is 3.10. The van der Waals surface area contributed by atoms with Crippen LogP contribution in [-0.2, 0) is 13.6 Å². The van der Waals surface area contributed by atoms with Crippen molar-refractivity contribution in [3.05, 3.63) is 47.3 Å². The molecule has 2 rings (SSSR count). The van der Waals surface area contributed by atoms with Crippen molar-refractivity contribution in [1.29, 1.82) is 0 Å². The number of aryl methyl sites for hydroxylation is 2. The number of hydrogen-bond acceptors (Lipinski definition) is 7. The zero-order valence-corrected chi connectivity index (χ0v) is 19.7. The lowest BCUT2D eigenvalue weighted by Gasteiger charge is -2.28. The molecule has 0 aliphatic carbocycles. The van der Waals surface area contributed by atoms with Gasteiger partial charge in [-0.3, -0.25) is 9.55 Å². The number of hydrogen-bond donors (Lipinski definition) is 2. The number of nitrogens with zero attached hydrogens (tertiary/aromatic N) is 1. The average molecular weight is 436 g/mol. The van der Waals surface area contributed by atoms with Gasteiger partial charge in [-0.05, 0) is 70.9 Å². The quantitative estimate of drug-likeness (QED) is 0.468. The van der Waals surface area contributed by atoms with Gasteiger partial charge in [0.15, 0.2) is 11.5 Å². The van der Waals surface area contributed by atoms with Crippen LogP contribution in [0.4, 0.5) is 5.69 Å². The van der Waals surface area contributed by atoms with Gasteiger partial charge < -0.3 is 24.2 Å². The maximum absolute atomic E-state index is 13.6. The van der Waals surface area contributed by atoms with Crippen molar-refractivity contribution in [2.75, 3.05) is 18.6 Å². The molecule has 0 saturated carbocycles. The Hall–Kier alpha value is -2.08. The van der Waals surface area contributed by atoms with Crippen LogP contribution in [0.1, 0.15) is 50.6 Å². The monoisotopic (exact) mass is 436 g/mol. The normalized spacial score (nSPS) is 13.0. The molecule has 2 N–H and O–H groups in total. The second-order valence-corrected chi connectivity index (χ2v) is 9.88. The van der Waals surface area contributed by atoms with Crippen molar-refractivity contribution in [2.24, 2.45) is 0 Å². The number of aromatic hydroxyl groups is 1. The highest BCUT2D eigenvalue weighted by Crippen LogP contribution is 2.53. The highest BCUT2D eigenvalue weighted by molar-refractivity contribution is 7.53. The summed E-state index contributed by atoms with van der Waals surface area (Å²) in [7, 11) is -1.94. The van der Waals surface area contributed by atoms with Gasteiger partial charge in [0.1, 0.15) is 0 Å². The minimum absolute atomic E-state index is 0.0806. The first-order valence-corrected chi connectivity index (χ1v) is 11.8. The highest BCUT2D eigenvalue weighted by Gasteiger charge is 2.33. The number of anilines is 1. The zero-order valence-electron chi connectivity index (χ0n) is 18.8. The van der Waals surface area contributed by atoms with Gasteiger partial charge in [-0.15, -0.1) is 0 Å². The lowest BCUT2D eigenvalue weighted by molar-refractivity contribution is 0.142. The maximum Gasteiger partial charge on any atom is 0.333 e. The number of aromatic nitrogens is 1. The molecule has 0 spiro atoms. The zero-order chi connectivity index (χ0) is 22.5. The summed E-state index contributed by atoms with van der Waals surface area (Å²) < 4.78 is 30.4. The van der Waals surface area contributed by atoms with Gasteiger partial charge in [0.2, 0.25) is 0 Å². The third-order valence-electron chi connectivity index (χ3n) is 4.31. The molecule has 7 nitrogen and oxygen atoms in total. The number of methoxy groups -OCH3 is 1. The van der Waals surface area contributed by atoms with Gasteiger partial charge in [-0.2, -0.15) is 0 Å². The van der Waals surface area contributed by atoms with E-state index in [0.29, 0.717) is 11.3 Å². The van der Waals surface area contributed by atoms with E-state index in [2.05, 4.69) is 10.3 Å². The van der Waals surface area contributed by atoms with E-state index >= 15 is 0 Å². The molecule has 0 aliphatic rings. The van der Waals surface area contributed by atoms with E-state index in [1.165, 1.54) is 7.11 Å². The molecule has 0 aliphatic heterocycles. The molecule has 1 unspecified atom stereocenters. The predicted octanol–water partition coefficient (Wildman–Crippen LogP) is 5.61. The minimum atomic E-state index is -3.44. The van der Waals surface area contributed by atoms with Crippen molar-refractivity contribution in [3.63, 3.8) is 0 Å². The van der Waals surface area contributed by atoms with Crippen LogP contribution in [0.25, 0.3) is 0 Å². The Morgan fingerprint density at radius 1 is 1.10 bits per heavy atom. The van der Waals surface area contributed by atoms with Crippen molar-refractivity contribution in [2.45, 2.75) is 59.8 Å². The van der Waals surface area contributed by atoms with Crippen LogP contribution in [0.15, 0.2) is 30.5 Å². The lowest BCUT2D eigenvalue weighted by atomic mass is 10.0. The van der Waals surface area contributed by atoms with Gasteiger partial charge in [0, 0.05) is 5.69 Å². The van der Waals surface area contributed by atoms with Gasteiger partial charge in [0.25, 0.3) is 0 Å². The number of phenols is 1. The first-order chi connectivity index (χ1) is 14.0. The molecule has 8 heteroatoms. The van der Waals surface area contributed by atoms with E-state index in [1.54, 1.807) is 19.2 Å². The summed E-state index contributed by atoms with van der Waals surface area (Å²) in [6, 6.07) is 6.96. The Bertz CT molecular complexity index is 870. The molecule has 1 heterocycles. The predicted molar refractivity (Wildman–Crippen MR) is 120 cm³/mol. The largest absolute Gasteiger partial charge is 0.504 e. The van der Waals surface area contributed by atoms with Gasteiger partial charge in [-0.1, -0.05) is 6.07 Å². The SMILES string of the molecule is COc1cc(C(CP(=O)(OC(C)C)OC(C)C)Nc2ccc(C)nc2)cc(C)c1O. The average Bonchev–Trinajstić information content (AvgIpc) is 2.63. The van der Waals surface area contributed by atoms with E-state index < -0.39 is 13.6 Å². The van der Waals surface area contributed by atoms with E-state index in [-0.39, 0.29) is 24.1 Å². The molecule has 1 aromatic carbocycles. The van der Waals surface area contributed by atoms with E-state index in [0.717, 1.165) is 16.9 Å². The van der Waals surface area contributed by atoms with Crippen molar-refractivity contribution in [1.82, 2.24) is 4.98 Å². The summed E-state index contributed by atoms with van der Waals surface area (Å²) >= 11 is 0. The molecule has 0 saturated heterocycles. The molecule has 1 aromatic heterocycles. The maximum atomic E-state index is 13.6. The summed E-state index contributed by atoms with van der Waals surface area (Å²) in [4.78, 5) is 4.33. The summed E-state index contributed by atoms with van der Waals surface area (Å²) in [6.07, 6.45) is 1.31. The number of pyridine rings is 1. The van der Waals surface area contributed by atoms with Crippen molar-refractivity contribution in [3.8, 4) is 11.5 Å². The molecule has 166 valence electrons. The Balaban J connectivity index is 2.48. The Morgan fingerprint density at radius 3 is 2.23 bits per heavy atom. The van der Waals surface area contributed by atoms with Crippen LogP contribution in [0, 0.1) is 13.8 Å². The second kappa shape index (κ2) is 10.3. The van der Waals surface area contributed by atoms with E-state index in [4.69, 9.17) is 13.8 Å². The number of ether oxygens (including phenoxy) is 1. The molecular weight excluding hydrogens is 403 g/mol. The smallest absolute Gasteiger partial charge is 0.333 e. The summed E-state index contributed by atoms with van der Waals surface area (Å²) in [5, 5.41) is 13.6. The Morgan fingerprint density at radius 2 is 1.73 bits per heavy atom. The number of rotatable bonds is 10. The first-order valence-electron chi connectivity index (χ1n) is 10.1. The molecule has 0 bridgehead atoms. The molecule has 30 heavy (non-hydrogen) atoms. The number of phenolic OH excluding ortho intramolecular Hbond substituents is 1. The first kappa shape index (κ1) is 24.2. The number of nitrogens with one attached hydrogen (secondary N) is 1. The van der Waals surface area contributed by atoms with Gasteiger partial charge >= 0.3 is 7.60 Å². The fourth-order valence-corrected chi connectivity index (χ4v) is 5.35. The third-order valence-corrected chi connectivity index (χ3v) is 6.61. The van der Waals surface area contributed by atoms with Gasteiger partial charge in [-0.25, -0.2) is 0 Å². The summed E-state index contributed by atoms with van der Waals surface area (Å²) in [6.45, 7) is 11.0. The van der Waals surface area contributed by atoms with Crippen LogP contribution in [0.3, 0.4) is 0 Å². The Kier molecular flexibility index (Phi) is 8.30. The van der Waals surface area contributed by atoms with Crippen LogP contribution < -0.4 is 10.1 Å². The minimum Gasteiger partial charge on any atom is -0.504 e. The van der Waals surface area contributed by atoms with Crippen LogP contribution >= 0.6 is 7.60 Å². The van der Waals surface area contributed by atoms with E-state index in [1.807, 2.05) is 52.8 Å². The topological polar surface area (TPSA) is 89.9 Å². The lowest BCUT2D eigenvalue weighted by Crippen LogP contribution is -2.20. The molecule has 0 radical (unpaired) electrons. The second-order valence-electron chi connectivity index (χ2n) is 7.88. The van der Waals surface area contributed by atoms with Crippen molar-refractivity contribution >= 4 is 13.3 Å². The molecular formula is C22H33N2O5P. The highest BCUT2D eigenvalue weighted by atomic mass is 31.2. The molecule has 1 atom stereocenters. The summed E-state index contributed by atoms with van der Waals surface area (Å²) in [5.74, 6) is 0.431. The van der Waals surface area contributed by atoms with Crippen LogP contribution in [-0.4, -0.2) is 35.6 Å².